The second-order valence-electron chi connectivity index (χ2n) is 5.96. The molecule has 1 fully saturated rings. The zero-order valence-electron chi connectivity index (χ0n) is 12.4. The highest BCUT2D eigenvalue weighted by atomic mass is 16.4. The lowest BCUT2D eigenvalue weighted by molar-refractivity contribution is -0.122. The SMILES string of the molecule is CC1CCC(NC(=O)Cc2ccccc2)(/C(N)=N/O)CC1. The number of nitrogens with two attached hydrogens (primary N) is 1. The fraction of sp³-hybridized carbons (Fsp3) is 0.500. The van der Waals surface area contributed by atoms with Gasteiger partial charge in [-0.1, -0.05) is 42.4 Å². The predicted molar refractivity (Wildman–Crippen MR) is 82.1 cm³/mol. The van der Waals surface area contributed by atoms with E-state index < -0.39 is 5.54 Å². The number of benzene rings is 1. The number of amidine groups is 1. The van der Waals surface area contributed by atoms with Crippen molar-refractivity contribution in [3.05, 3.63) is 35.9 Å². The van der Waals surface area contributed by atoms with E-state index in [0.29, 0.717) is 25.2 Å². The number of nitrogens with one attached hydrogen (secondary N) is 1. The van der Waals surface area contributed by atoms with Crippen LogP contribution in [0.2, 0.25) is 0 Å². The van der Waals surface area contributed by atoms with E-state index in [2.05, 4.69) is 17.4 Å². The summed E-state index contributed by atoms with van der Waals surface area (Å²) < 4.78 is 0. The summed E-state index contributed by atoms with van der Waals surface area (Å²) in [5.74, 6) is 0.619. The molecule has 1 aliphatic carbocycles. The third-order valence-electron chi connectivity index (χ3n) is 4.31. The lowest BCUT2D eigenvalue weighted by Gasteiger charge is -2.39. The first-order valence-electron chi connectivity index (χ1n) is 7.39. The van der Waals surface area contributed by atoms with Crippen molar-refractivity contribution in [3.63, 3.8) is 0 Å². The van der Waals surface area contributed by atoms with Crippen LogP contribution in [0.3, 0.4) is 0 Å². The van der Waals surface area contributed by atoms with Crippen molar-refractivity contribution in [2.75, 3.05) is 0 Å². The lowest BCUT2D eigenvalue weighted by Crippen LogP contribution is -2.59. The molecular formula is C16H23N3O2. The Bertz CT molecular complexity index is 506. The van der Waals surface area contributed by atoms with Crippen LogP contribution in [0.25, 0.3) is 0 Å². The Balaban J connectivity index is 2.07. The van der Waals surface area contributed by atoms with Crippen molar-refractivity contribution in [2.24, 2.45) is 16.8 Å². The number of hydrogen-bond acceptors (Lipinski definition) is 3. The summed E-state index contributed by atoms with van der Waals surface area (Å²) in [6.45, 7) is 2.18. The summed E-state index contributed by atoms with van der Waals surface area (Å²) in [5, 5.41) is 15.2. The molecule has 114 valence electrons. The summed E-state index contributed by atoms with van der Waals surface area (Å²) in [6.07, 6.45) is 3.65. The van der Waals surface area contributed by atoms with Gasteiger partial charge in [-0.3, -0.25) is 4.79 Å². The van der Waals surface area contributed by atoms with Crippen LogP contribution in [0.5, 0.6) is 0 Å². The number of rotatable bonds is 4. The van der Waals surface area contributed by atoms with E-state index in [1.54, 1.807) is 0 Å². The minimum atomic E-state index is -0.701. The Morgan fingerprint density at radius 1 is 1.38 bits per heavy atom. The second-order valence-corrected chi connectivity index (χ2v) is 5.96. The molecule has 0 spiro atoms. The molecule has 2 rings (SSSR count). The molecule has 0 aromatic heterocycles. The zero-order chi connectivity index (χ0) is 15.3. The molecule has 4 N–H and O–H groups in total. The van der Waals surface area contributed by atoms with E-state index in [1.807, 2.05) is 30.3 Å². The number of carbonyl (C=O) groups excluding carboxylic acids is 1. The van der Waals surface area contributed by atoms with Crippen molar-refractivity contribution in [2.45, 2.75) is 44.6 Å². The molecule has 5 heteroatoms. The van der Waals surface area contributed by atoms with Gasteiger partial charge in [0, 0.05) is 0 Å². The monoisotopic (exact) mass is 289 g/mol. The molecule has 1 saturated carbocycles. The first kappa shape index (κ1) is 15.4. The van der Waals surface area contributed by atoms with Crippen LogP contribution in [0.1, 0.15) is 38.2 Å². The van der Waals surface area contributed by atoms with Crippen LogP contribution in [-0.2, 0) is 11.2 Å². The predicted octanol–water partition coefficient (Wildman–Crippen LogP) is 2.04. The van der Waals surface area contributed by atoms with Gasteiger partial charge in [0.05, 0.1) is 6.42 Å². The first-order chi connectivity index (χ1) is 10.1. The maximum absolute atomic E-state index is 12.3. The maximum Gasteiger partial charge on any atom is 0.225 e. The molecule has 1 aromatic carbocycles. The average molecular weight is 289 g/mol. The molecular weight excluding hydrogens is 266 g/mol. The number of hydrogen-bond donors (Lipinski definition) is 3. The van der Waals surface area contributed by atoms with E-state index in [4.69, 9.17) is 10.9 Å². The zero-order valence-corrected chi connectivity index (χ0v) is 12.4. The van der Waals surface area contributed by atoms with Gasteiger partial charge >= 0.3 is 0 Å². The Kier molecular flexibility index (Phi) is 4.83. The number of carbonyl (C=O) groups is 1. The highest BCUT2D eigenvalue weighted by Crippen LogP contribution is 2.32. The van der Waals surface area contributed by atoms with Gasteiger partial charge in [0.2, 0.25) is 5.91 Å². The topological polar surface area (TPSA) is 87.7 Å². The van der Waals surface area contributed by atoms with Crippen LogP contribution >= 0.6 is 0 Å². The van der Waals surface area contributed by atoms with Gasteiger partial charge in [0.15, 0.2) is 5.84 Å². The van der Waals surface area contributed by atoms with Gasteiger partial charge in [-0.2, -0.15) is 0 Å². The van der Waals surface area contributed by atoms with Crippen molar-refractivity contribution in [3.8, 4) is 0 Å². The van der Waals surface area contributed by atoms with Crippen molar-refractivity contribution in [1.82, 2.24) is 5.32 Å². The van der Waals surface area contributed by atoms with Gasteiger partial charge in [0.1, 0.15) is 5.54 Å². The molecule has 0 saturated heterocycles. The third kappa shape index (κ3) is 3.74. The summed E-state index contributed by atoms with van der Waals surface area (Å²) in [4.78, 5) is 12.3. The largest absolute Gasteiger partial charge is 0.409 e. The number of oxime groups is 1. The van der Waals surface area contributed by atoms with Crippen LogP contribution in [0.4, 0.5) is 0 Å². The molecule has 5 nitrogen and oxygen atoms in total. The van der Waals surface area contributed by atoms with Gasteiger partial charge in [-0.15, -0.1) is 0 Å². The number of amides is 1. The van der Waals surface area contributed by atoms with E-state index in [9.17, 15) is 4.79 Å². The Hall–Kier alpha value is -2.04. The lowest BCUT2D eigenvalue weighted by atomic mass is 9.76. The highest BCUT2D eigenvalue weighted by molar-refractivity contribution is 5.94. The minimum absolute atomic E-state index is 0.0950. The van der Waals surface area contributed by atoms with E-state index in [-0.39, 0.29) is 11.7 Å². The summed E-state index contributed by atoms with van der Waals surface area (Å²) in [5.41, 5.74) is 6.11. The fourth-order valence-electron chi connectivity index (χ4n) is 2.89. The summed E-state index contributed by atoms with van der Waals surface area (Å²) >= 11 is 0. The molecule has 1 aromatic rings. The fourth-order valence-corrected chi connectivity index (χ4v) is 2.89. The molecule has 1 aliphatic rings. The van der Waals surface area contributed by atoms with Crippen molar-refractivity contribution in [1.29, 1.82) is 0 Å². The molecule has 0 atom stereocenters. The molecule has 0 aliphatic heterocycles. The van der Waals surface area contributed by atoms with Gasteiger partial charge in [0.25, 0.3) is 0 Å². The normalized spacial score (nSPS) is 26.3. The van der Waals surface area contributed by atoms with E-state index in [1.165, 1.54) is 0 Å². The third-order valence-corrected chi connectivity index (χ3v) is 4.31. The van der Waals surface area contributed by atoms with Crippen molar-refractivity contribution >= 4 is 11.7 Å². The molecule has 0 bridgehead atoms. The minimum Gasteiger partial charge on any atom is -0.409 e. The van der Waals surface area contributed by atoms with Gasteiger partial charge in [-0.25, -0.2) is 0 Å². The van der Waals surface area contributed by atoms with E-state index in [0.717, 1.165) is 18.4 Å². The van der Waals surface area contributed by atoms with Crippen molar-refractivity contribution < 1.29 is 10.0 Å². The van der Waals surface area contributed by atoms with Gasteiger partial charge < -0.3 is 16.3 Å². The van der Waals surface area contributed by atoms with Crippen LogP contribution in [0, 0.1) is 5.92 Å². The highest BCUT2D eigenvalue weighted by Gasteiger charge is 2.39. The molecule has 0 heterocycles. The second kappa shape index (κ2) is 6.61. The Labute approximate surface area is 125 Å². The van der Waals surface area contributed by atoms with Crippen LogP contribution in [-0.4, -0.2) is 22.5 Å². The Morgan fingerprint density at radius 3 is 2.57 bits per heavy atom. The standard InChI is InChI=1S/C16H23N3O2/c1-12-7-9-16(10-8-12,15(17)19-21)18-14(20)11-13-5-3-2-4-6-13/h2-6,12,21H,7-11H2,1H3,(H2,17,19)(H,18,20). The molecule has 1 amide bonds. The quantitative estimate of drug-likeness (QED) is 0.343. The summed E-state index contributed by atoms with van der Waals surface area (Å²) in [7, 11) is 0. The smallest absolute Gasteiger partial charge is 0.225 e. The maximum atomic E-state index is 12.3. The molecule has 0 radical (unpaired) electrons. The molecule has 0 unspecified atom stereocenters. The van der Waals surface area contributed by atoms with Crippen LogP contribution in [0.15, 0.2) is 35.5 Å². The number of nitrogens with zero attached hydrogens (tertiary/aromatic N) is 1. The average Bonchev–Trinajstić information content (AvgIpc) is 2.50. The first-order valence-corrected chi connectivity index (χ1v) is 7.39. The Morgan fingerprint density at radius 2 is 2.00 bits per heavy atom. The summed E-state index contributed by atoms with van der Waals surface area (Å²) in [6, 6.07) is 9.56. The van der Waals surface area contributed by atoms with Crippen LogP contribution < -0.4 is 11.1 Å². The molecule has 21 heavy (non-hydrogen) atoms. The van der Waals surface area contributed by atoms with Gasteiger partial charge in [-0.05, 0) is 37.2 Å². The van der Waals surface area contributed by atoms with E-state index >= 15 is 0 Å².